The molecule has 0 saturated heterocycles. The summed E-state index contributed by atoms with van der Waals surface area (Å²) in [6.45, 7) is 7.80. The highest BCUT2D eigenvalue weighted by atomic mass is 16.5. The molecule has 1 atom stereocenters. The average Bonchev–Trinajstić information content (AvgIpc) is 2.67. The Morgan fingerprint density at radius 3 is 2.89 bits per heavy atom. The molecular formula is C23H27N3O2. The Bertz CT molecular complexity index is 1060. The van der Waals surface area contributed by atoms with Gasteiger partial charge in [0.15, 0.2) is 0 Å². The van der Waals surface area contributed by atoms with Gasteiger partial charge in [-0.2, -0.15) is 0 Å². The topological polar surface area (TPSA) is 56.2 Å². The second-order valence-corrected chi connectivity index (χ2v) is 8.04. The van der Waals surface area contributed by atoms with E-state index >= 15 is 0 Å². The lowest BCUT2D eigenvalue weighted by atomic mass is 9.77. The standard InChI is InChI=1S/C23H27N3O2/c1-4-28-19-9-10-20-17(14-19)13-18(23(2,3)25-20)11-12-26-21-8-6-5-7-16(21)15-24-22(26)27/h5-10,14-15,18,25H,4,11-13H2,1-3H3. The Morgan fingerprint density at radius 2 is 2.07 bits per heavy atom. The Balaban J connectivity index is 1.59. The maximum Gasteiger partial charge on any atom is 0.348 e. The number of para-hydroxylation sites is 1. The Kier molecular flexibility index (Phi) is 4.84. The lowest BCUT2D eigenvalue weighted by Gasteiger charge is -2.41. The summed E-state index contributed by atoms with van der Waals surface area (Å²) in [4.78, 5) is 16.5. The molecule has 5 nitrogen and oxygen atoms in total. The number of fused-ring (bicyclic) bond motifs is 2. The first-order valence-corrected chi connectivity index (χ1v) is 9.96. The first-order chi connectivity index (χ1) is 13.5. The minimum atomic E-state index is -0.181. The van der Waals surface area contributed by atoms with Gasteiger partial charge in [0.2, 0.25) is 0 Å². The van der Waals surface area contributed by atoms with Crippen LogP contribution >= 0.6 is 0 Å². The van der Waals surface area contributed by atoms with Crippen LogP contribution in [0.5, 0.6) is 5.75 Å². The summed E-state index contributed by atoms with van der Waals surface area (Å²) < 4.78 is 7.47. The van der Waals surface area contributed by atoms with Gasteiger partial charge in [-0.05, 0) is 69.4 Å². The van der Waals surface area contributed by atoms with Crippen LogP contribution in [0.4, 0.5) is 5.69 Å². The van der Waals surface area contributed by atoms with Crippen molar-refractivity contribution in [3.05, 3.63) is 64.7 Å². The summed E-state index contributed by atoms with van der Waals surface area (Å²) in [7, 11) is 0. The number of anilines is 1. The maximum absolute atomic E-state index is 12.4. The van der Waals surface area contributed by atoms with E-state index in [0.29, 0.717) is 19.1 Å². The lowest BCUT2D eigenvalue weighted by Crippen LogP contribution is -2.44. The minimum Gasteiger partial charge on any atom is -0.494 e. The molecule has 1 aliphatic rings. The third kappa shape index (κ3) is 3.49. The van der Waals surface area contributed by atoms with Gasteiger partial charge in [-0.15, -0.1) is 0 Å². The Morgan fingerprint density at radius 1 is 1.25 bits per heavy atom. The number of aryl methyl sites for hydroxylation is 1. The number of rotatable bonds is 5. The lowest BCUT2D eigenvalue weighted by molar-refractivity contribution is 0.297. The molecule has 28 heavy (non-hydrogen) atoms. The third-order valence-electron chi connectivity index (χ3n) is 5.81. The van der Waals surface area contributed by atoms with E-state index < -0.39 is 0 Å². The molecule has 146 valence electrons. The molecule has 2 heterocycles. The van der Waals surface area contributed by atoms with Crippen molar-refractivity contribution in [2.24, 2.45) is 5.92 Å². The highest BCUT2D eigenvalue weighted by Crippen LogP contribution is 2.38. The third-order valence-corrected chi connectivity index (χ3v) is 5.81. The zero-order valence-corrected chi connectivity index (χ0v) is 16.7. The number of aromatic nitrogens is 2. The second kappa shape index (κ2) is 7.30. The minimum absolute atomic E-state index is 0.0538. The Hall–Kier alpha value is -2.82. The molecule has 0 radical (unpaired) electrons. The van der Waals surface area contributed by atoms with Crippen molar-refractivity contribution in [3.63, 3.8) is 0 Å². The van der Waals surface area contributed by atoms with Gasteiger partial charge < -0.3 is 10.1 Å². The molecule has 0 spiro atoms. The van der Waals surface area contributed by atoms with Crippen LogP contribution in [-0.2, 0) is 13.0 Å². The zero-order valence-electron chi connectivity index (χ0n) is 16.7. The van der Waals surface area contributed by atoms with Gasteiger partial charge in [-0.25, -0.2) is 9.78 Å². The molecule has 4 rings (SSSR count). The number of ether oxygens (including phenoxy) is 1. The van der Waals surface area contributed by atoms with Crippen LogP contribution in [0.15, 0.2) is 53.5 Å². The van der Waals surface area contributed by atoms with Crippen LogP contribution in [0.2, 0.25) is 0 Å². The first-order valence-electron chi connectivity index (χ1n) is 9.96. The Labute approximate surface area is 165 Å². The van der Waals surface area contributed by atoms with E-state index in [1.54, 1.807) is 10.8 Å². The summed E-state index contributed by atoms with van der Waals surface area (Å²) in [6, 6.07) is 14.2. The van der Waals surface area contributed by atoms with E-state index in [1.165, 1.54) is 11.3 Å². The normalized spacial score (nSPS) is 17.8. The van der Waals surface area contributed by atoms with Crippen LogP contribution in [-0.4, -0.2) is 21.7 Å². The molecule has 0 amide bonds. The highest BCUT2D eigenvalue weighted by molar-refractivity contribution is 5.77. The second-order valence-electron chi connectivity index (χ2n) is 8.04. The predicted molar refractivity (Wildman–Crippen MR) is 113 cm³/mol. The van der Waals surface area contributed by atoms with Gasteiger partial charge in [-0.1, -0.05) is 18.2 Å². The van der Waals surface area contributed by atoms with Crippen LogP contribution in [0.1, 0.15) is 32.8 Å². The molecule has 1 unspecified atom stereocenters. The van der Waals surface area contributed by atoms with E-state index in [2.05, 4.69) is 36.3 Å². The molecule has 1 aromatic heterocycles. The van der Waals surface area contributed by atoms with Crippen molar-refractivity contribution in [1.82, 2.24) is 9.55 Å². The van der Waals surface area contributed by atoms with Gasteiger partial charge in [0.05, 0.1) is 12.1 Å². The number of nitrogens with zero attached hydrogens (tertiary/aromatic N) is 2. The fourth-order valence-electron chi connectivity index (χ4n) is 4.19. The molecule has 2 aromatic carbocycles. The van der Waals surface area contributed by atoms with Gasteiger partial charge in [0.1, 0.15) is 5.75 Å². The quantitative estimate of drug-likeness (QED) is 0.722. The van der Waals surface area contributed by atoms with Crippen LogP contribution < -0.4 is 15.7 Å². The highest BCUT2D eigenvalue weighted by Gasteiger charge is 2.34. The number of benzene rings is 2. The number of hydrogen-bond donors (Lipinski definition) is 1. The van der Waals surface area contributed by atoms with E-state index in [9.17, 15) is 4.79 Å². The number of hydrogen-bond acceptors (Lipinski definition) is 4. The molecule has 0 saturated carbocycles. The van der Waals surface area contributed by atoms with Crippen molar-refractivity contribution in [3.8, 4) is 5.75 Å². The fourth-order valence-corrected chi connectivity index (χ4v) is 4.19. The number of nitrogens with one attached hydrogen (secondary N) is 1. The summed E-state index contributed by atoms with van der Waals surface area (Å²) in [5.74, 6) is 1.30. The van der Waals surface area contributed by atoms with Gasteiger partial charge in [0.25, 0.3) is 0 Å². The molecule has 0 bridgehead atoms. The van der Waals surface area contributed by atoms with E-state index in [0.717, 1.165) is 29.5 Å². The van der Waals surface area contributed by atoms with Gasteiger partial charge in [0, 0.05) is 29.4 Å². The largest absolute Gasteiger partial charge is 0.494 e. The SMILES string of the molecule is CCOc1ccc2c(c1)CC(CCn1c(=O)ncc3ccccc31)C(C)(C)N2. The maximum atomic E-state index is 12.4. The molecule has 1 N–H and O–H groups in total. The van der Waals surface area contributed by atoms with E-state index in [4.69, 9.17) is 4.74 Å². The summed E-state index contributed by atoms with van der Waals surface area (Å²) in [6.07, 6.45) is 3.52. The fraction of sp³-hybridized carbons (Fsp3) is 0.391. The summed E-state index contributed by atoms with van der Waals surface area (Å²) >= 11 is 0. The summed E-state index contributed by atoms with van der Waals surface area (Å²) in [5.41, 5.74) is 3.16. The molecule has 5 heteroatoms. The predicted octanol–water partition coefficient (Wildman–Crippen LogP) is 4.25. The molecule has 3 aromatic rings. The zero-order chi connectivity index (χ0) is 19.7. The summed E-state index contributed by atoms with van der Waals surface area (Å²) in [5, 5.41) is 4.68. The van der Waals surface area contributed by atoms with Crippen LogP contribution in [0, 0.1) is 5.92 Å². The monoisotopic (exact) mass is 377 g/mol. The van der Waals surface area contributed by atoms with Crippen molar-refractivity contribution in [2.45, 2.75) is 45.7 Å². The molecule has 0 aliphatic carbocycles. The van der Waals surface area contributed by atoms with Crippen LogP contribution in [0.3, 0.4) is 0 Å². The molecule has 1 aliphatic heterocycles. The smallest absolute Gasteiger partial charge is 0.348 e. The van der Waals surface area contributed by atoms with Gasteiger partial charge in [-0.3, -0.25) is 4.57 Å². The van der Waals surface area contributed by atoms with Crippen LogP contribution in [0.25, 0.3) is 10.9 Å². The molecule has 0 fully saturated rings. The van der Waals surface area contributed by atoms with E-state index in [1.807, 2.05) is 37.3 Å². The first kappa shape index (κ1) is 18.5. The van der Waals surface area contributed by atoms with Crippen molar-refractivity contribution in [1.29, 1.82) is 0 Å². The van der Waals surface area contributed by atoms with E-state index in [-0.39, 0.29) is 11.2 Å². The van der Waals surface area contributed by atoms with Gasteiger partial charge >= 0.3 is 5.69 Å². The van der Waals surface area contributed by atoms with Crippen molar-refractivity contribution < 1.29 is 4.74 Å². The average molecular weight is 377 g/mol. The molecular weight excluding hydrogens is 350 g/mol. The van der Waals surface area contributed by atoms with Crippen molar-refractivity contribution in [2.75, 3.05) is 11.9 Å². The van der Waals surface area contributed by atoms with Crippen molar-refractivity contribution >= 4 is 16.6 Å².